The second-order valence-electron chi connectivity index (χ2n) is 5.13. The van der Waals surface area contributed by atoms with Crippen LogP contribution in [0.4, 0.5) is 5.00 Å². The van der Waals surface area contributed by atoms with Crippen LogP contribution in [-0.4, -0.2) is 32.3 Å². The highest BCUT2D eigenvalue weighted by Crippen LogP contribution is 2.24. The molecular formula is C16H15N5O2S2. The minimum absolute atomic E-state index is 0.140. The van der Waals surface area contributed by atoms with Crippen LogP contribution >= 0.6 is 23.1 Å². The van der Waals surface area contributed by atoms with Gasteiger partial charge in [-0.1, -0.05) is 30.0 Å². The lowest BCUT2D eigenvalue weighted by atomic mass is 10.2. The first-order chi connectivity index (χ1) is 12.1. The number of thioether (sulfide) groups is 1. The minimum Gasteiger partial charge on any atom is -0.366 e. The molecule has 0 aliphatic heterocycles. The van der Waals surface area contributed by atoms with E-state index in [0.29, 0.717) is 15.7 Å². The first-order valence-electron chi connectivity index (χ1n) is 7.32. The van der Waals surface area contributed by atoms with Gasteiger partial charge in [0, 0.05) is 0 Å². The summed E-state index contributed by atoms with van der Waals surface area (Å²) in [4.78, 5) is 23.5. The number of thiophene rings is 1. The number of amides is 2. The zero-order chi connectivity index (χ0) is 17.8. The van der Waals surface area contributed by atoms with Gasteiger partial charge in [-0.25, -0.2) is 0 Å². The van der Waals surface area contributed by atoms with E-state index in [4.69, 9.17) is 5.73 Å². The number of para-hydroxylation sites is 1. The molecule has 2 heterocycles. The third-order valence-corrected chi connectivity index (χ3v) is 5.18. The molecule has 0 saturated heterocycles. The number of nitrogens with two attached hydrogens (primary N) is 1. The number of primary amides is 1. The minimum atomic E-state index is -0.566. The molecule has 25 heavy (non-hydrogen) atoms. The Bertz CT molecular complexity index is 919. The second kappa shape index (κ2) is 7.49. The smallest absolute Gasteiger partial charge is 0.251 e. The summed E-state index contributed by atoms with van der Waals surface area (Å²) in [6, 6.07) is 9.45. The van der Waals surface area contributed by atoms with E-state index < -0.39 is 5.91 Å². The van der Waals surface area contributed by atoms with Crippen LogP contribution in [0.3, 0.4) is 0 Å². The summed E-state index contributed by atoms with van der Waals surface area (Å²) >= 11 is 2.52. The average molecular weight is 373 g/mol. The largest absolute Gasteiger partial charge is 0.366 e. The molecule has 128 valence electrons. The van der Waals surface area contributed by atoms with Crippen LogP contribution in [0, 0.1) is 6.92 Å². The molecule has 0 saturated carbocycles. The molecule has 0 radical (unpaired) electrons. The van der Waals surface area contributed by atoms with Gasteiger partial charge in [0.2, 0.25) is 5.91 Å². The summed E-state index contributed by atoms with van der Waals surface area (Å²) in [7, 11) is 0. The first kappa shape index (κ1) is 17.2. The predicted molar refractivity (Wildman–Crippen MR) is 98.3 cm³/mol. The van der Waals surface area contributed by atoms with E-state index in [1.807, 2.05) is 35.8 Å². The van der Waals surface area contributed by atoms with Gasteiger partial charge < -0.3 is 11.1 Å². The van der Waals surface area contributed by atoms with E-state index in [1.165, 1.54) is 23.1 Å². The fourth-order valence-corrected chi connectivity index (χ4v) is 3.75. The van der Waals surface area contributed by atoms with Gasteiger partial charge in [-0.15, -0.1) is 21.5 Å². The zero-order valence-corrected chi connectivity index (χ0v) is 14.9. The first-order valence-corrected chi connectivity index (χ1v) is 9.18. The lowest BCUT2D eigenvalue weighted by Gasteiger charge is -2.09. The van der Waals surface area contributed by atoms with Gasteiger partial charge in [-0.3, -0.25) is 14.2 Å². The molecule has 7 nitrogen and oxygen atoms in total. The van der Waals surface area contributed by atoms with Gasteiger partial charge in [0.05, 0.1) is 17.0 Å². The van der Waals surface area contributed by atoms with Crippen molar-refractivity contribution in [3.63, 3.8) is 0 Å². The fraction of sp³-hybridized carbons (Fsp3) is 0.125. The molecule has 0 bridgehead atoms. The number of carbonyl (C=O) groups excluding carboxylic acids is 2. The maximum atomic E-state index is 12.2. The van der Waals surface area contributed by atoms with E-state index in [-0.39, 0.29) is 11.7 Å². The second-order valence-corrected chi connectivity index (χ2v) is 6.99. The highest BCUT2D eigenvalue weighted by Gasteiger charge is 2.15. The number of nitrogens with zero attached hydrogens (tertiary/aromatic N) is 3. The number of anilines is 1. The fourth-order valence-electron chi connectivity index (χ4n) is 2.21. The molecule has 3 rings (SSSR count). The Morgan fingerprint density at radius 3 is 2.88 bits per heavy atom. The number of benzene rings is 1. The number of hydrogen-bond acceptors (Lipinski definition) is 6. The van der Waals surface area contributed by atoms with Crippen molar-refractivity contribution >= 4 is 39.9 Å². The average Bonchev–Trinajstić information content (AvgIpc) is 3.22. The lowest BCUT2D eigenvalue weighted by Crippen LogP contribution is -2.18. The SMILES string of the molecule is Cc1ccccc1-n1cnnc1SCC(=O)Nc1sccc1C(N)=O. The highest BCUT2D eigenvalue weighted by atomic mass is 32.2. The van der Waals surface area contributed by atoms with Crippen molar-refractivity contribution in [1.29, 1.82) is 0 Å². The van der Waals surface area contributed by atoms with Gasteiger partial charge >= 0.3 is 0 Å². The van der Waals surface area contributed by atoms with E-state index >= 15 is 0 Å². The lowest BCUT2D eigenvalue weighted by molar-refractivity contribution is -0.113. The summed E-state index contributed by atoms with van der Waals surface area (Å²) in [5.41, 5.74) is 7.63. The van der Waals surface area contributed by atoms with E-state index in [9.17, 15) is 9.59 Å². The van der Waals surface area contributed by atoms with Crippen LogP contribution in [0.2, 0.25) is 0 Å². The van der Waals surface area contributed by atoms with Crippen LogP contribution in [-0.2, 0) is 4.79 Å². The van der Waals surface area contributed by atoms with Crippen molar-refractivity contribution in [2.75, 3.05) is 11.1 Å². The van der Waals surface area contributed by atoms with Crippen LogP contribution in [0.15, 0.2) is 47.2 Å². The van der Waals surface area contributed by atoms with Crippen molar-refractivity contribution in [3.05, 3.63) is 53.2 Å². The van der Waals surface area contributed by atoms with Crippen molar-refractivity contribution in [2.24, 2.45) is 5.73 Å². The van der Waals surface area contributed by atoms with Crippen molar-refractivity contribution in [2.45, 2.75) is 12.1 Å². The van der Waals surface area contributed by atoms with Crippen LogP contribution < -0.4 is 11.1 Å². The number of nitrogens with one attached hydrogen (secondary N) is 1. The summed E-state index contributed by atoms with van der Waals surface area (Å²) in [6.07, 6.45) is 1.62. The Hall–Kier alpha value is -2.65. The summed E-state index contributed by atoms with van der Waals surface area (Å²) in [6.45, 7) is 2.00. The maximum absolute atomic E-state index is 12.2. The molecule has 2 aromatic heterocycles. The molecule has 3 aromatic rings. The zero-order valence-electron chi connectivity index (χ0n) is 13.3. The van der Waals surface area contributed by atoms with Gasteiger partial charge in [-0.2, -0.15) is 0 Å². The summed E-state index contributed by atoms with van der Waals surface area (Å²) < 4.78 is 1.84. The molecule has 0 unspecified atom stereocenters. The van der Waals surface area contributed by atoms with Crippen molar-refractivity contribution < 1.29 is 9.59 Å². The van der Waals surface area contributed by atoms with Crippen LogP contribution in [0.5, 0.6) is 0 Å². The highest BCUT2D eigenvalue weighted by molar-refractivity contribution is 7.99. The van der Waals surface area contributed by atoms with E-state index in [0.717, 1.165) is 11.3 Å². The standard InChI is InChI=1S/C16H15N5O2S2/c1-10-4-2-3-5-12(10)21-9-18-20-16(21)25-8-13(22)19-15-11(14(17)23)6-7-24-15/h2-7,9H,8H2,1H3,(H2,17,23)(H,19,22). The van der Waals surface area contributed by atoms with Gasteiger partial charge in [0.25, 0.3) is 5.91 Å². The summed E-state index contributed by atoms with van der Waals surface area (Å²) in [5, 5.41) is 13.5. The normalized spacial score (nSPS) is 10.6. The predicted octanol–water partition coefficient (Wildman–Crippen LogP) is 2.47. The third kappa shape index (κ3) is 3.89. The molecule has 9 heteroatoms. The summed E-state index contributed by atoms with van der Waals surface area (Å²) in [5.74, 6) is -0.668. The molecule has 3 N–H and O–H groups in total. The van der Waals surface area contributed by atoms with Gasteiger partial charge in [-0.05, 0) is 30.0 Å². The van der Waals surface area contributed by atoms with E-state index in [2.05, 4.69) is 15.5 Å². The number of carbonyl (C=O) groups is 2. The topological polar surface area (TPSA) is 103 Å². The quantitative estimate of drug-likeness (QED) is 0.646. The monoisotopic (exact) mass is 373 g/mol. The van der Waals surface area contributed by atoms with Crippen LogP contribution in [0.25, 0.3) is 5.69 Å². The molecule has 0 atom stereocenters. The van der Waals surface area contributed by atoms with Crippen LogP contribution in [0.1, 0.15) is 15.9 Å². The number of hydrogen-bond donors (Lipinski definition) is 2. The molecule has 0 spiro atoms. The molecule has 1 aromatic carbocycles. The molecule has 0 fully saturated rings. The van der Waals surface area contributed by atoms with Gasteiger partial charge in [0.1, 0.15) is 11.3 Å². The number of aromatic nitrogens is 3. The Labute approximate surface area is 152 Å². The van der Waals surface area contributed by atoms with Crippen molar-refractivity contribution in [1.82, 2.24) is 14.8 Å². The van der Waals surface area contributed by atoms with Gasteiger partial charge in [0.15, 0.2) is 5.16 Å². The number of rotatable bonds is 6. The maximum Gasteiger partial charge on any atom is 0.251 e. The Kier molecular flexibility index (Phi) is 5.15. The molecule has 0 aliphatic rings. The molecular weight excluding hydrogens is 358 g/mol. The molecule has 2 amide bonds. The Morgan fingerprint density at radius 1 is 1.32 bits per heavy atom. The molecule has 0 aliphatic carbocycles. The third-order valence-electron chi connectivity index (χ3n) is 3.41. The Morgan fingerprint density at radius 2 is 2.12 bits per heavy atom. The number of aryl methyl sites for hydroxylation is 1. The van der Waals surface area contributed by atoms with Crippen molar-refractivity contribution in [3.8, 4) is 5.69 Å². The Balaban J connectivity index is 1.68. The van der Waals surface area contributed by atoms with E-state index in [1.54, 1.807) is 17.8 Å².